The summed E-state index contributed by atoms with van der Waals surface area (Å²) in [6, 6.07) is 7.04. The van der Waals surface area contributed by atoms with Crippen molar-refractivity contribution in [3.8, 4) is 5.75 Å². The number of nitrogens with zero attached hydrogens (tertiary/aromatic N) is 2. The molecule has 27 heavy (non-hydrogen) atoms. The molecule has 0 aliphatic carbocycles. The molecule has 0 aromatic heterocycles. The molecule has 1 aromatic rings. The van der Waals surface area contributed by atoms with E-state index in [1.54, 1.807) is 0 Å². The van der Waals surface area contributed by atoms with Crippen molar-refractivity contribution in [2.45, 2.75) is 45.6 Å². The maximum Gasteiger partial charge on any atom is 0.191 e. The summed E-state index contributed by atoms with van der Waals surface area (Å²) in [6.45, 7) is 14.0. The zero-order valence-electron chi connectivity index (χ0n) is 16.9. The molecule has 0 amide bonds. The van der Waals surface area contributed by atoms with Crippen LogP contribution in [0.1, 0.15) is 37.8 Å². The molecule has 0 saturated carbocycles. The molecular formula is C22H34N4O. The second-order valence-electron chi connectivity index (χ2n) is 7.70. The molecule has 0 unspecified atom stereocenters. The molecule has 2 aliphatic rings. The fourth-order valence-electron chi connectivity index (χ4n) is 3.82. The minimum absolute atomic E-state index is 0.501. The first-order chi connectivity index (χ1) is 13.1. The smallest absolute Gasteiger partial charge is 0.191 e. The predicted molar refractivity (Wildman–Crippen MR) is 113 cm³/mol. The SMILES string of the molecule is C=C(C)CN1CCC(NC(=NCCc2ccc3c(c2)CCO3)NCC)CC1. The van der Waals surface area contributed by atoms with E-state index in [4.69, 9.17) is 9.73 Å². The molecule has 5 heteroatoms. The summed E-state index contributed by atoms with van der Waals surface area (Å²) in [5, 5.41) is 7.02. The van der Waals surface area contributed by atoms with E-state index < -0.39 is 0 Å². The van der Waals surface area contributed by atoms with Crippen LogP contribution >= 0.6 is 0 Å². The van der Waals surface area contributed by atoms with Crippen molar-refractivity contribution in [1.29, 1.82) is 0 Å². The van der Waals surface area contributed by atoms with Gasteiger partial charge in [0.2, 0.25) is 0 Å². The third-order valence-corrected chi connectivity index (χ3v) is 5.19. The Morgan fingerprint density at radius 2 is 2.15 bits per heavy atom. The van der Waals surface area contributed by atoms with Crippen LogP contribution in [0.2, 0.25) is 0 Å². The number of guanidine groups is 1. The molecule has 2 aliphatic heterocycles. The van der Waals surface area contributed by atoms with Crippen LogP contribution < -0.4 is 15.4 Å². The minimum atomic E-state index is 0.501. The quantitative estimate of drug-likeness (QED) is 0.440. The van der Waals surface area contributed by atoms with Crippen LogP contribution in [0.15, 0.2) is 35.3 Å². The number of piperidine rings is 1. The molecule has 5 nitrogen and oxygen atoms in total. The van der Waals surface area contributed by atoms with E-state index in [1.165, 1.54) is 16.7 Å². The summed E-state index contributed by atoms with van der Waals surface area (Å²) in [4.78, 5) is 7.29. The van der Waals surface area contributed by atoms with Gasteiger partial charge in [0.05, 0.1) is 6.61 Å². The van der Waals surface area contributed by atoms with Crippen LogP contribution in [-0.2, 0) is 12.8 Å². The number of fused-ring (bicyclic) bond motifs is 1. The number of benzene rings is 1. The van der Waals surface area contributed by atoms with E-state index in [9.17, 15) is 0 Å². The van der Waals surface area contributed by atoms with Gasteiger partial charge in [0.1, 0.15) is 5.75 Å². The highest BCUT2D eigenvalue weighted by molar-refractivity contribution is 5.80. The number of aliphatic imine (C=N–C) groups is 1. The predicted octanol–water partition coefficient (Wildman–Crippen LogP) is 2.76. The molecule has 0 bridgehead atoms. The lowest BCUT2D eigenvalue weighted by Gasteiger charge is -2.33. The van der Waals surface area contributed by atoms with Crippen LogP contribution in [0.4, 0.5) is 0 Å². The second-order valence-corrected chi connectivity index (χ2v) is 7.70. The zero-order valence-corrected chi connectivity index (χ0v) is 16.9. The molecular weight excluding hydrogens is 336 g/mol. The number of hydrogen-bond donors (Lipinski definition) is 2. The third kappa shape index (κ3) is 5.99. The Morgan fingerprint density at radius 1 is 1.33 bits per heavy atom. The van der Waals surface area contributed by atoms with Crippen LogP contribution in [0.5, 0.6) is 5.75 Å². The summed E-state index contributed by atoms with van der Waals surface area (Å²) in [5.74, 6) is 2.00. The van der Waals surface area contributed by atoms with Crippen molar-refractivity contribution in [2.24, 2.45) is 4.99 Å². The van der Waals surface area contributed by atoms with Crippen molar-refractivity contribution < 1.29 is 4.74 Å². The van der Waals surface area contributed by atoms with Gasteiger partial charge in [0.25, 0.3) is 0 Å². The average molecular weight is 371 g/mol. The molecule has 2 heterocycles. The zero-order chi connectivity index (χ0) is 19.1. The number of hydrogen-bond acceptors (Lipinski definition) is 3. The van der Waals surface area contributed by atoms with Gasteiger partial charge in [0, 0.05) is 45.2 Å². The molecule has 0 spiro atoms. The van der Waals surface area contributed by atoms with Crippen molar-refractivity contribution in [1.82, 2.24) is 15.5 Å². The maximum absolute atomic E-state index is 5.59. The lowest BCUT2D eigenvalue weighted by Crippen LogP contribution is -2.48. The highest BCUT2D eigenvalue weighted by atomic mass is 16.5. The van der Waals surface area contributed by atoms with Crippen molar-refractivity contribution in [3.05, 3.63) is 41.5 Å². The highest BCUT2D eigenvalue weighted by Crippen LogP contribution is 2.25. The van der Waals surface area contributed by atoms with E-state index in [-0.39, 0.29) is 0 Å². The average Bonchev–Trinajstić information content (AvgIpc) is 3.11. The Morgan fingerprint density at radius 3 is 2.89 bits per heavy atom. The van der Waals surface area contributed by atoms with Gasteiger partial charge in [-0.05, 0) is 50.3 Å². The summed E-state index contributed by atoms with van der Waals surface area (Å²) in [6.07, 6.45) is 4.30. The second kappa shape index (κ2) is 9.79. The lowest BCUT2D eigenvalue weighted by molar-refractivity contribution is 0.221. The topological polar surface area (TPSA) is 48.9 Å². The van der Waals surface area contributed by atoms with E-state index in [2.05, 4.69) is 54.2 Å². The Bertz CT molecular complexity index is 662. The molecule has 148 valence electrons. The van der Waals surface area contributed by atoms with Crippen LogP contribution in [0, 0.1) is 0 Å². The van der Waals surface area contributed by atoms with Crippen LogP contribution in [0.25, 0.3) is 0 Å². The number of nitrogens with one attached hydrogen (secondary N) is 2. The largest absolute Gasteiger partial charge is 0.493 e. The Balaban J connectivity index is 1.47. The Labute approximate surface area is 163 Å². The lowest BCUT2D eigenvalue weighted by atomic mass is 10.0. The van der Waals surface area contributed by atoms with Crippen molar-refractivity contribution in [3.63, 3.8) is 0 Å². The molecule has 3 rings (SSSR count). The van der Waals surface area contributed by atoms with Gasteiger partial charge >= 0.3 is 0 Å². The first-order valence-corrected chi connectivity index (χ1v) is 10.3. The molecule has 1 aromatic carbocycles. The third-order valence-electron chi connectivity index (χ3n) is 5.19. The van der Waals surface area contributed by atoms with Crippen molar-refractivity contribution >= 4 is 5.96 Å². The summed E-state index contributed by atoms with van der Waals surface area (Å²) < 4.78 is 5.59. The first kappa shape index (κ1) is 19.7. The summed E-state index contributed by atoms with van der Waals surface area (Å²) in [5.41, 5.74) is 3.92. The normalized spacial score (nSPS) is 18.1. The minimum Gasteiger partial charge on any atom is -0.493 e. The molecule has 0 radical (unpaired) electrons. The van der Waals surface area contributed by atoms with Gasteiger partial charge < -0.3 is 15.4 Å². The van der Waals surface area contributed by atoms with Crippen molar-refractivity contribution in [2.75, 3.05) is 39.3 Å². The van der Waals surface area contributed by atoms with E-state index in [0.29, 0.717) is 6.04 Å². The van der Waals surface area contributed by atoms with Gasteiger partial charge in [-0.3, -0.25) is 9.89 Å². The van der Waals surface area contributed by atoms with Gasteiger partial charge in [-0.1, -0.05) is 24.3 Å². The van der Waals surface area contributed by atoms with Crippen LogP contribution in [0.3, 0.4) is 0 Å². The summed E-state index contributed by atoms with van der Waals surface area (Å²) >= 11 is 0. The van der Waals surface area contributed by atoms with Gasteiger partial charge in [0.15, 0.2) is 5.96 Å². The van der Waals surface area contributed by atoms with Gasteiger partial charge in [-0.2, -0.15) is 0 Å². The van der Waals surface area contributed by atoms with Gasteiger partial charge in [-0.25, -0.2) is 0 Å². The number of likely N-dealkylation sites (tertiary alicyclic amines) is 1. The van der Waals surface area contributed by atoms with E-state index in [1.807, 2.05) is 0 Å². The standard InChI is InChI=1S/C22H34N4O/c1-4-23-22(25-20-8-12-26(13-9-20)16-17(2)3)24-11-7-18-5-6-21-19(15-18)10-14-27-21/h5-6,15,20H,2,4,7-14,16H2,1,3H3,(H2,23,24,25). The van der Waals surface area contributed by atoms with E-state index >= 15 is 0 Å². The van der Waals surface area contributed by atoms with E-state index in [0.717, 1.165) is 76.7 Å². The Hall–Kier alpha value is -2.01. The first-order valence-electron chi connectivity index (χ1n) is 10.3. The molecule has 1 fully saturated rings. The summed E-state index contributed by atoms with van der Waals surface area (Å²) in [7, 11) is 0. The monoisotopic (exact) mass is 370 g/mol. The maximum atomic E-state index is 5.59. The van der Waals surface area contributed by atoms with Crippen LogP contribution in [-0.4, -0.2) is 56.2 Å². The molecule has 0 atom stereocenters. The fourth-order valence-corrected chi connectivity index (χ4v) is 3.82. The molecule has 2 N–H and O–H groups in total. The number of rotatable bonds is 7. The number of ether oxygens (including phenoxy) is 1. The Kier molecular flexibility index (Phi) is 7.16. The fraction of sp³-hybridized carbons (Fsp3) is 0.591. The van der Waals surface area contributed by atoms with Gasteiger partial charge in [-0.15, -0.1) is 0 Å². The molecule has 1 saturated heterocycles. The highest BCUT2D eigenvalue weighted by Gasteiger charge is 2.19.